The standard InChI is InChI=1S/C16H24N3O3P/c1-4-11(9-18(23)5-2)10(3)15-13-8-12(16(20)21)6-7-14(13)19(22)17-15/h6-8,10-11,22H,4-5,9,23H2,1-3H3,(H,20,21). The number of carbonyl (C=O) groups is 1. The Morgan fingerprint density at radius 1 is 1.43 bits per heavy atom. The van der Waals surface area contributed by atoms with Gasteiger partial charge in [-0.25, -0.2) is 4.79 Å². The Kier molecular flexibility index (Phi) is 5.60. The molecule has 0 aliphatic rings. The number of fused-ring (bicyclic) bond motifs is 1. The maximum absolute atomic E-state index is 11.2. The van der Waals surface area contributed by atoms with Crippen molar-refractivity contribution < 1.29 is 15.1 Å². The van der Waals surface area contributed by atoms with Gasteiger partial charge >= 0.3 is 5.97 Å². The summed E-state index contributed by atoms with van der Waals surface area (Å²) in [5.74, 6) is -0.515. The molecule has 0 radical (unpaired) electrons. The van der Waals surface area contributed by atoms with Crippen molar-refractivity contribution in [2.75, 3.05) is 13.1 Å². The van der Waals surface area contributed by atoms with Crippen LogP contribution in [0.3, 0.4) is 0 Å². The Labute approximate surface area is 138 Å². The molecule has 126 valence electrons. The predicted octanol–water partition coefficient (Wildman–Crippen LogP) is 3.21. The largest absolute Gasteiger partial charge is 0.478 e. The molecule has 0 spiro atoms. The highest BCUT2D eigenvalue weighted by molar-refractivity contribution is 7.13. The van der Waals surface area contributed by atoms with Gasteiger partial charge in [0.15, 0.2) is 0 Å². The number of nitrogens with zero attached hydrogens (tertiary/aromatic N) is 3. The average Bonchev–Trinajstić information content (AvgIpc) is 2.88. The third-order valence-electron chi connectivity index (χ3n) is 4.48. The van der Waals surface area contributed by atoms with E-state index in [0.717, 1.165) is 30.0 Å². The topological polar surface area (TPSA) is 78.6 Å². The summed E-state index contributed by atoms with van der Waals surface area (Å²) >= 11 is 0. The number of aromatic nitrogens is 2. The zero-order valence-corrected chi connectivity index (χ0v) is 14.9. The van der Waals surface area contributed by atoms with E-state index in [1.165, 1.54) is 6.07 Å². The van der Waals surface area contributed by atoms with E-state index in [1.807, 2.05) is 0 Å². The summed E-state index contributed by atoms with van der Waals surface area (Å²) in [7, 11) is 2.72. The summed E-state index contributed by atoms with van der Waals surface area (Å²) in [5.41, 5.74) is 1.48. The molecule has 7 heteroatoms. The van der Waals surface area contributed by atoms with Gasteiger partial charge in [-0.2, -0.15) is 0 Å². The van der Waals surface area contributed by atoms with Crippen LogP contribution in [0.15, 0.2) is 18.2 Å². The van der Waals surface area contributed by atoms with Crippen LogP contribution in [0, 0.1) is 5.92 Å². The highest BCUT2D eigenvalue weighted by atomic mass is 31.0. The second-order valence-corrected chi connectivity index (χ2v) is 6.59. The molecule has 0 bridgehead atoms. The molecule has 2 aromatic rings. The summed E-state index contributed by atoms with van der Waals surface area (Å²) in [6.07, 6.45) is 0.977. The molecular weight excluding hydrogens is 313 g/mol. The second kappa shape index (κ2) is 7.28. The van der Waals surface area contributed by atoms with E-state index in [4.69, 9.17) is 0 Å². The lowest BCUT2D eigenvalue weighted by molar-refractivity contribution is 0.0697. The van der Waals surface area contributed by atoms with Crippen molar-refractivity contribution in [3.63, 3.8) is 0 Å². The molecular formula is C16H24N3O3P. The first-order chi connectivity index (χ1) is 10.9. The van der Waals surface area contributed by atoms with Gasteiger partial charge in [-0.1, -0.05) is 36.6 Å². The van der Waals surface area contributed by atoms with Crippen molar-refractivity contribution >= 4 is 26.3 Å². The second-order valence-electron chi connectivity index (χ2n) is 5.86. The smallest absolute Gasteiger partial charge is 0.335 e. The molecule has 0 saturated heterocycles. The molecule has 3 unspecified atom stereocenters. The van der Waals surface area contributed by atoms with Crippen LogP contribution in [-0.4, -0.2) is 44.0 Å². The van der Waals surface area contributed by atoms with E-state index in [1.54, 1.807) is 12.1 Å². The zero-order chi connectivity index (χ0) is 17.1. The Balaban J connectivity index is 2.44. The van der Waals surface area contributed by atoms with Crippen molar-refractivity contribution in [3.8, 4) is 0 Å². The highest BCUT2D eigenvalue weighted by Gasteiger charge is 2.24. The molecule has 6 nitrogen and oxygen atoms in total. The number of hydrogen-bond acceptors (Lipinski definition) is 4. The SMILES string of the molecule is CCC(CN(P)CC)C(C)c1nn(O)c2ccc(C(=O)O)cc12. The first kappa shape index (κ1) is 17.7. The van der Waals surface area contributed by atoms with E-state index in [2.05, 4.69) is 39.9 Å². The number of carboxylic acids is 1. The van der Waals surface area contributed by atoms with E-state index in [-0.39, 0.29) is 11.5 Å². The molecule has 1 aromatic heterocycles. The molecule has 0 aliphatic heterocycles. The normalized spacial score (nSPS) is 14.3. The molecule has 0 fully saturated rings. The Morgan fingerprint density at radius 2 is 2.13 bits per heavy atom. The van der Waals surface area contributed by atoms with Gasteiger partial charge in [0.1, 0.15) is 5.52 Å². The van der Waals surface area contributed by atoms with Crippen LogP contribution in [-0.2, 0) is 0 Å². The summed E-state index contributed by atoms with van der Waals surface area (Å²) < 4.78 is 2.17. The third-order valence-corrected chi connectivity index (χ3v) is 5.05. The van der Waals surface area contributed by atoms with Crippen molar-refractivity contribution in [2.45, 2.75) is 33.1 Å². The highest BCUT2D eigenvalue weighted by Crippen LogP contribution is 2.32. The monoisotopic (exact) mass is 337 g/mol. The first-order valence-corrected chi connectivity index (χ1v) is 8.35. The molecule has 23 heavy (non-hydrogen) atoms. The van der Waals surface area contributed by atoms with Gasteiger partial charge in [0.2, 0.25) is 0 Å². The number of hydrogen-bond donors (Lipinski definition) is 2. The van der Waals surface area contributed by atoms with Crippen LogP contribution >= 0.6 is 9.39 Å². The molecule has 0 saturated carbocycles. The van der Waals surface area contributed by atoms with Gasteiger partial charge in [0.25, 0.3) is 0 Å². The van der Waals surface area contributed by atoms with Crippen LogP contribution in [0.5, 0.6) is 0 Å². The van der Waals surface area contributed by atoms with Crippen molar-refractivity contribution in [3.05, 3.63) is 29.5 Å². The fourth-order valence-electron chi connectivity index (χ4n) is 2.89. The van der Waals surface area contributed by atoms with Crippen molar-refractivity contribution in [1.82, 2.24) is 14.6 Å². The summed E-state index contributed by atoms with van der Waals surface area (Å²) in [4.78, 5) is 12.1. The first-order valence-electron chi connectivity index (χ1n) is 7.83. The molecule has 1 heterocycles. The molecule has 0 aliphatic carbocycles. The van der Waals surface area contributed by atoms with Crippen LogP contribution in [0.2, 0.25) is 0 Å². The van der Waals surface area contributed by atoms with E-state index in [0.29, 0.717) is 16.8 Å². The lowest BCUT2D eigenvalue weighted by atomic mass is 9.87. The minimum absolute atomic E-state index is 0.106. The van der Waals surface area contributed by atoms with E-state index in [9.17, 15) is 15.1 Å². The van der Waals surface area contributed by atoms with Crippen LogP contribution < -0.4 is 0 Å². The maximum atomic E-state index is 11.2. The summed E-state index contributed by atoms with van der Waals surface area (Å²) in [6.45, 7) is 8.15. The number of carboxylic acid groups (broad SMARTS) is 1. The predicted molar refractivity (Wildman–Crippen MR) is 93.0 cm³/mol. The molecule has 2 rings (SSSR count). The molecule has 1 aromatic carbocycles. The Morgan fingerprint density at radius 3 is 2.70 bits per heavy atom. The van der Waals surface area contributed by atoms with Gasteiger partial charge < -0.3 is 10.3 Å². The lowest BCUT2D eigenvalue weighted by Gasteiger charge is -2.26. The molecule has 3 atom stereocenters. The summed E-state index contributed by atoms with van der Waals surface area (Å²) in [6, 6.07) is 4.66. The third kappa shape index (κ3) is 3.65. The van der Waals surface area contributed by atoms with Gasteiger partial charge in [0, 0.05) is 17.8 Å². The molecule has 2 N–H and O–H groups in total. The van der Waals surface area contributed by atoms with Gasteiger partial charge in [-0.05, 0) is 30.7 Å². The van der Waals surface area contributed by atoms with Gasteiger partial charge in [-0.3, -0.25) is 4.67 Å². The fourth-order valence-corrected chi connectivity index (χ4v) is 3.16. The number of rotatable bonds is 7. The quantitative estimate of drug-likeness (QED) is 0.599. The summed E-state index contributed by atoms with van der Waals surface area (Å²) in [5, 5.41) is 24.1. The lowest BCUT2D eigenvalue weighted by Crippen LogP contribution is -2.24. The Bertz CT molecular complexity index is 701. The molecule has 0 amide bonds. The zero-order valence-electron chi connectivity index (χ0n) is 13.7. The fraction of sp³-hybridized carbons (Fsp3) is 0.500. The van der Waals surface area contributed by atoms with Crippen LogP contribution in [0.1, 0.15) is 49.2 Å². The van der Waals surface area contributed by atoms with Gasteiger partial charge in [0.05, 0.1) is 11.3 Å². The van der Waals surface area contributed by atoms with Crippen molar-refractivity contribution in [2.24, 2.45) is 5.92 Å². The van der Waals surface area contributed by atoms with E-state index < -0.39 is 5.97 Å². The van der Waals surface area contributed by atoms with E-state index >= 15 is 0 Å². The average molecular weight is 337 g/mol. The minimum Gasteiger partial charge on any atom is -0.478 e. The maximum Gasteiger partial charge on any atom is 0.335 e. The van der Waals surface area contributed by atoms with Crippen LogP contribution in [0.4, 0.5) is 0 Å². The number of benzene rings is 1. The number of aromatic carboxylic acids is 1. The minimum atomic E-state index is -0.981. The van der Waals surface area contributed by atoms with Crippen LogP contribution in [0.25, 0.3) is 10.9 Å². The van der Waals surface area contributed by atoms with Crippen molar-refractivity contribution in [1.29, 1.82) is 0 Å². The Hall–Kier alpha value is -1.65. The van der Waals surface area contributed by atoms with Gasteiger partial charge in [-0.15, -0.1) is 9.94 Å².